The van der Waals surface area contributed by atoms with Crippen molar-refractivity contribution < 1.29 is 9.18 Å². The van der Waals surface area contributed by atoms with Crippen molar-refractivity contribution in [3.8, 4) is 0 Å². The highest BCUT2D eigenvalue weighted by Gasteiger charge is 2.12. The number of amides is 1. The van der Waals surface area contributed by atoms with E-state index in [-0.39, 0.29) is 11.7 Å². The molecule has 140 valence electrons. The molecule has 2 aromatic heterocycles. The van der Waals surface area contributed by atoms with Gasteiger partial charge in [-0.1, -0.05) is 48.2 Å². The number of aromatic nitrogens is 4. The molecule has 0 bridgehead atoms. The van der Waals surface area contributed by atoms with Gasteiger partial charge in [-0.25, -0.2) is 19.0 Å². The van der Waals surface area contributed by atoms with Crippen LogP contribution in [-0.4, -0.2) is 31.4 Å². The molecule has 0 saturated heterocycles. The first-order valence-electron chi connectivity index (χ1n) is 8.58. The summed E-state index contributed by atoms with van der Waals surface area (Å²) in [5.74, 6) is -0.486. The van der Waals surface area contributed by atoms with E-state index in [1.807, 2.05) is 35.0 Å². The highest BCUT2D eigenvalue weighted by molar-refractivity contribution is 8.00. The monoisotopic (exact) mass is 393 g/mol. The Labute approximate surface area is 164 Å². The molecule has 0 unspecified atom stereocenters. The van der Waals surface area contributed by atoms with Crippen LogP contribution < -0.4 is 5.32 Å². The predicted molar refractivity (Wildman–Crippen MR) is 107 cm³/mol. The number of fused-ring (bicyclic) bond motifs is 1. The molecule has 2 aromatic carbocycles. The lowest BCUT2D eigenvalue weighted by molar-refractivity contribution is -0.113. The second-order valence-electron chi connectivity index (χ2n) is 6.05. The van der Waals surface area contributed by atoms with E-state index in [4.69, 9.17) is 0 Å². The molecule has 2 heterocycles. The molecular weight excluding hydrogens is 377 g/mol. The van der Waals surface area contributed by atoms with Crippen molar-refractivity contribution >= 4 is 34.4 Å². The van der Waals surface area contributed by atoms with E-state index in [1.54, 1.807) is 18.3 Å². The van der Waals surface area contributed by atoms with Gasteiger partial charge in [-0.15, -0.1) is 0 Å². The van der Waals surface area contributed by atoms with Crippen molar-refractivity contribution in [1.82, 2.24) is 19.7 Å². The largest absolute Gasteiger partial charge is 0.325 e. The van der Waals surface area contributed by atoms with Crippen LogP contribution in [0.5, 0.6) is 0 Å². The molecule has 0 spiro atoms. The van der Waals surface area contributed by atoms with Crippen molar-refractivity contribution in [1.29, 1.82) is 0 Å². The van der Waals surface area contributed by atoms with E-state index in [1.165, 1.54) is 30.2 Å². The Morgan fingerprint density at radius 2 is 1.96 bits per heavy atom. The predicted octanol–water partition coefficient (Wildman–Crippen LogP) is 3.74. The normalized spacial score (nSPS) is 10.9. The van der Waals surface area contributed by atoms with E-state index < -0.39 is 5.82 Å². The Morgan fingerprint density at radius 3 is 2.79 bits per heavy atom. The van der Waals surface area contributed by atoms with E-state index in [0.29, 0.717) is 22.9 Å². The van der Waals surface area contributed by atoms with Gasteiger partial charge >= 0.3 is 0 Å². The Bertz CT molecular complexity index is 1120. The molecular formula is C20H16FN5OS. The van der Waals surface area contributed by atoms with Gasteiger partial charge in [0, 0.05) is 5.69 Å². The standard InChI is InChI=1S/C20H16FN5OS/c21-15-7-4-8-16(9-15)25-18(27)12-28-20-17-10-24-26(19(17)22-13-23-20)11-14-5-2-1-3-6-14/h1-10,13H,11-12H2,(H,25,27). The number of benzene rings is 2. The minimum atomic E-state index is -0.395. The average molecular weight is 393 g/mol. The van der Waals surface area contributed by atoms with Gasteiger partial charge in [0.15, 0.2) is 5.65 Å². The highest BCUT2D eigenvalue weighted by Crippen LogP contribution is 2.24. The van der Waals surface area contributed by atoms with Gasteiger partial charge in [0.05, 0.1) is 23.9 Å². The van der Waals surface area contributed by atoms with Crippen LogP contribution in [0.2, 0.25) is 0 Å². The lowest BCUT2D eigenvalue weighted by Crippen LogP contribution is -2.14. The minimum Gasteiger partial charge on any atom is -0.325 e. The number of anilines is 1. The molecule has 0 atom stereocenters. The van der Waals surface area contributed by atoms with E-state index in [0.717, 1.165) is 10.9 Å². The smallest absolute Gasteiger partial charge is 0.234 e. The number of nitrogens with one attached hydrogen (secondary N) is 1. The third-order valence-corrected chi connectivity index (χ3v) is 5.03. The zero-order chi connectivity index (χ0) is 19.3. The molecule has 0 saturated carbocycles. The maximum atomic E-state index is 13.2. The van der Waals surface area contributed by atoms with E-state index in [2.05, 4.69) is 20.4 Å². The highest BCUT2D eigenvalue weighted by atomic mass is 32.2. The molecule has 1 amide bonds. The fraction of sp³-hybridized carbons (Fsp3) is 0.100. The first-order valence-corrected chi connectivity index (χ1v) is 9.56. The van der Waals surface area contributed by atoms with Gasteiger partial charge in [0.25, 0.3) is 0 Å². The lowest BCUT2D eigenvalue weighted by atomic mass is 10.2. The number of rotatable bonds is 6. The summed E-state index contributed by atoms with van der Waals surface area (Å²) < 4.78 is 15.0. The maximum absolute atomic E-state index is 13.2. The van der Waals surface area contributed by atoms with Crippen LogP contribution in [0, 0.1) is 5.82 Å². The topological polar surface area (TPSA) is 72.7 Å². The minimum absolute atomic E-state index is 0.145. The summed E-state index contributed by atoms with van der Waals surface area (Å²) in [6, 6.07) is 15.8. The van der Waals surface area contributed by atoms with Crippen molar-refractivity contribution in [3.05, 3.63) is 78.5 Å². The molecule has 0 aliphatic rings. The summed E-state index contributed by atoms with van der Waals surface area (Å²) in [6.45, 7) is 0.603. The first-order chi connectivity index (χ1) is 13.7. The fourth-order valence-electron chi connectivity index (χ4n) is 2.76. The van der Waals surface area contributed by atoms with Crippen LogP contribution in [0.15, 0.2) is 72.1 Å². The quantitative estimate of drug-likeness (QED) is 0.399. The summed E-state index contributed by atoms with van der Waals surface area (Å²) in [7, 11) is 0. The second-order valence-corrected chi connectivity index (χ2v) is 7.02. The van der Waals surface area contributed by atoms with Crippen LogP contribution in [0.4, 0.5) is 10.1 Å². The summed E-state index contributed by atoms with van der Waals surface area (Å²) in [4.78, 5) is 20.8. The molecule has 28 heavy (non-hydrogen) atoms. The summed E-state index contributed by atoms with van der Waals surface area (Å²) in [5.41, 5.74) is 2.26. The number of hydrogen-bond donors (Lipinski definition) is 1. The number of carbonyl (C=O) groups excluding carboxylic acids is 1. The van der Waals surface area contributed by atoms with Gasteiger partial charge in [-0.2, -0.15) is 5.10 Å². The number of thioether (sulfide) groups is 1. The van der Waals surface area contributed by atoms with E-state index in [9.17, 15) is 9.18 Å². The van der Waals surface area contributed by atoms with Crippen LogP contribution in [0.25, 0.3) is 11.0 Å². The number of hydrogen-bond acceptors (Lipinski definition) is 5. The molecule has 4 aromatic rings. The Hall–Kier alpha value is -3.26. The zero-order valence-corrected chi connectivity index (χ0v) is 15.6. The molecule has 8 heteroatoms. The van der Waals surface area contributed by atoms with Gasteiger partial charge in [0.1, 0.15) is 17.2 Å². The molecule has 0 radical (unpaired) electrons. The summed E-state index contributed by atoms with van der Waals surface area (Å²) in [6.07, 6.45) is 3.18. The van der Waals surface area contributed by atoms with Crippen molar-refractivity contribution in [2.75, 3.05) is 11.1 Å². The maximum Gasteiger partial charge on any atom is 0.234 e. The molecule has 0 aliphatic heterocycles. The molecule has 6 nitrogen and oxygen atoms in total. The number of nitrogens with zero attached hydrogens (tertiary/aromatic N) is 4. The fourth-order valence-corrected chi connectivity index (χ4v) is 3.52. The Kier molecular flexibility index (Phi) is 5.29. The van der Waals surface area contributed by atoms with Crippen molar-refractivity contribution in [3.63, 3.8) is 0 Å². The molecule has 0 aliphatic carbocycles. The molecule has 1 N–H and O–H groups in total. The number of halogens is 1. The van der Waals surface area contributed by atoms with Gasteiger partial charge < -0.3 is 5.32 Å². The van der Waals surface area contributed by atoms with Crippen molar-refractivity contribution in [2.45, 2.75) is 11.6 Å². The summed E-state index contributed by atoms with van der Waals surface area (Å²) in [5, 5.41) is 8.56. The Morgan fingerprint density at radius 1 is 1.11 bits per heavy atom. The molecule has 4 rings (SSSR count). The average Bonchev–Trinajstić information content (AvgIpc) is 3.11. The van der Waals surface area contributed by atoms with E-state index >= 15 is 0 Å². The number of carbonyl (C=O) groups is 1. The Balaban J connectivity index is 1.46. The van der Waals surface area contributed by atoms with Crippen LogP contribution in [0.3, 0.4) is 0 Å². The lowest BCUT2D eigenvalue weighted by Gasteiger charge is -2.06. The SMILES string of the molecule is O=C(CSc1ncnc2c1cnn2Cc1ccccc1)Nc1cccc(F)c1. The van der Waals surface area contributed by atoms with Gasteiger partial charge in [-0.05, 0) is 23.8 Å². The third-order valence-electron chi connectivity index (χ3n) is 4.02. The first kappa shape index (κ1) is 18.1. The zero-order valence-electron chi connectivity index (χ0n) is 14.7. The molecule has 0 fully saturated rings. The van der Waals surface area contributed by atoms with Gasteiger partial charge in [-0.3, -0.25) is 4.79 Å². The van der Waals surface area contributed by atoms with Crippen LogP contribution in [0.1, 0.15) is 5.56 Å². The van der Waals surface area contributed by atoms with Crippen molar-refractivity contribution in [2.24, 2.45) is 0 Å². The third kappa shape index (κ3) is 4.17. The second kappa shape index (κ2) is 8.18. The summed E-state index contributed by atoms with van der Waals surface area (Å²) >= 11 is 1.29. The van der Waals surface area contributed by atoms with Crippen LogP contribution >= 0.6 is 11.8 Å². The van der Waals surface area contributed by atoms with Crippen LogP contribution in [-0.2, 0) is 11.3 Å². The van der Waals surface area contributed by atoms with Gasteiger partial charge in [0.2, 0.25) is 5.91 Å².